The van der Waals surface area contributed by atoms with Crippen LogP contribution in [0.4, 0.5) is 0 Å². The summed E-state index contributed by atoms with van der Waals surface area (Å²) < 4.78 is 0. The number of carbonyl (C=O) groups excluding carboxylic acids is 1. The smallest absolute Gasteiger partial charge is 0.211 e. The van der Waals surface area contributed by atoms with Crippen LogP contribution in [0, 0.1) is 13.8 Å². The second-order valence-corrected chi connectivity index (χ2v) is 5.95. The Hall–Kier alpha value is -2.15. The lowest BCUT2D eigenvalue weighted by molar-refractivity contribution is -0.305. The minimum atomic E-state index is -1.08. The number of benzene rings is 1. The summed E-state index contributed by atoms with van der Waals surface area (Å²) in [6.45, 7) is 4.07. The molecule has 0 saturated carbocycles. The van der Waals surface area contributed by atoms with Crippen LogP contribution in [0.1, 0.15) is 17.5 Å². The second-order valence-electron chi connectivity index (χ2n) is 4.89. The molecular formula is C14H13N4O2S-. The highest BCUT2D eigenvalue weighted by Gasteiger charge is 2.11. The Balaban J connectivity index is 2.00. The maximum atomic E-state index is 10.4. The standard InChI is InChI=1S/C14H14N4O2S/c1-7-5-8(2)11-9(6-7)12-13(15-11)16-14(18-17-12)21-4-3-10(19)20/h5-6H,3-4H2,1-2H3,(H,19,20)(H,15,16,18)/p-1. The molecule has 0 bridgehead atoms. The maximum Gasteiger partial charge on any atom is 0.211 e. The third-order valence-electron chi connectivity index (χ3n) is 3.18. The van der Waals surface area contributed by atoms with Gasteiger partial charge in [-0.2, -0.15) is 0 Å². The number of H-pyrrole nitrogens is 1. The van der Waals surface area contributed by atoms with E-state index in [4.69, 9.17) is 0 Å². The molecule has 0 amide bonds. The summed E-state index contributed by atoms with van der Waals surface area (Å²) in [6, 6.07) is 4.15. The lowest BCUT2D eigenvalue weighted by atomic mass is 10.1. The molecule has 0 saturated heterocycles. The molecule has 2 aromatic heterocycles. The van der Waals surface area contributed by atoms with E-state index >= 15 is 0 Å². The number of nitrogens with one attached hydrogen (secondary N) is 1. The van der Waals surface area contributed by atoms with Crippen molar-refractivity contribution in [2.24, 2.45) is 0 Å². The van der Waals surface area contributed by atoms with E-state index in [-0.39, 0.29) is 6.42 Å². The summed E-state index contributed by atoms with van der Waals surface area (Å²) in [5.41, 5.74) is 4.71. The number of nitrogens with zero attached hydrogens (tertiary/aromatic N) is 3. The molecule has 3 rings (SSSR count). The van der Waals surface area contributed by atoms with E-state index in [1.54, 1.807) is 0 Å². The largest absolute Gasteiger partial charge is 0.550 e. The van der Waals surface area contributed by atoms with Gasteiger partial charge in [0.25, 0.3) is 0 Å². The molecule has 1 aromatic carbocycles. The second kappa shape index (κ2) is 5.33. The zero-order chi connectivity index (χ0) is 15.0. The number of rotatable bonds is 4. The zero-order valence-corrected chi connectivity index (χ0v) is 12.5. The predicted octanol–water partition coefficient (Wildman–Crippen LogP) is 1.36. The average Bonchev–Trinajstić information content (AvgIpc) is 2.77. The molecule has 7 heteroatoms. The lowest BCUT2D eigenvalue weighted by Crippen LogP contribution is -2.22. The fourth-order valence-corrected chi connectivity index (χ4v) is 3.01. The van der Waals surface area contributed by atoms with Crippen LogP contribution in [0.25, 0.3) is 22.1 Å². The number of aromatic amines is 1. The first kappa shape index (κ1) is 13.8. The van der Waals surface area contributed by atoms with Crippen LogP contribution in [0.2, 0.25) is 0 Å². The highest BCUT2D eigenvalue weighted by molar-refractivity contribution is 7.99. The fraction of sp³-hybridized carbons (Fsp3) is 0.286. The minimum absolute atomic E-state index is 0.0307. The SMILES string of the molecule is Cc1cc(C)c2[nH]c3nc(SCCC(=O)[O-])nnc3c2c1. The van der Waals surface area contributed by atoms with E-state index in [1.807, 2.05) is 13.8 Å². The Morgan fingerprint density at radius 1 is 1.33 bits per heavy atom. The van der Waals surface area contributed by atoms with Gasteiger partial charge >= 0.3 is 0 Å². The van der Waals surface area contributed by atoms with Gasteiger partial charge in [-0.05, 0) is 31.9 Å². The fourth-order valence-electron chi connectivity index (χ4n) is 2.31. The molecule has 1 N–H and O–H groups in total. The van der Waals surface area contributed by atoms with Crippen molar-refractivity contribution < 1.29 is 9.90 Å². The molecule has 0 aliphatic carbocycles. The van der Waals surface area contributed by atoms with Crippen LogP contribution >= 0.6 is 11.8 Å². The van der Waals surface area contributed by atoms with Crippen molar-refractivity contribution in [3.8, 4) is 0 Å². The first-order chi connectivity index (χ1) is 10.0. The molecule has 2 heterocycles. The van der Waals surface area contributed by atoms with Gasteiger partial charge in [0.15, 0.2) is 5.65 Å². The predicted molar refractivity (Wildman–Crippen MR) is 79.0 cm³/mol. The van der Waals surface area contributed by atoms with Crippen molar-refractivity contribution in [2.45, 2.75) is 25.4 Å². The third kappa shape index (κ3) is 2.69. The third-order valence-corrected chi connectivity index (χ3v) is 4.02. The summed E-state index contributed by atoms with van der Waals surface area (Å²) in [5.74, 6) is -0.707. The van der Waals surface area contributed by atoms with Gasteiger partial charge in [0, 0.05) is 17.1 Å². The van der Waals surface area contributed by atoms with E-state index in [9.17, 15) is 9.90 Å². The quantitative estimate of drug-likeness (QED) is 0.731. The van der Waals surface area contributed by atoms with Crippen molar-refractivity contribution in [3.63, 3.8) is 0 Å². The number of hydrogen-bond donors (Lipinski definition) is 1. The van der Waals surface area contributed by atoms with Gasteiger partial charge < -0.3 is 14.9 Å². The van der Waals surface area contributed by atoms with Gasteiger partial charge in [-0.3, -0.25) is 0 Å². The highest BCUT2D eigenvalue weighted by Crippen LogP contribution is 2.27. The molecule has 0 aliphatic rings. The number of thioether (sulfide) groups is 1. The van der Waals surface area contributed by atoms with Gasteiger partial charge in [0.1, 0.15) is 5.52 Å². The Bertz CT molecular complexity index is 844. The molecule has 0 spiro atoms. The summed E-state index contributed by atoms with van der Waals surface area (Å²) >= 11 is 1.26. The Morgan fingerprint density at radius 2 is 2.14 bits per heavy atom. The molecule has 0 unspecified atom stereocenters. The normalized spacial score (nSPS) is 11.3. The summed E-state index contributed by atoms with van der Waals surface area (Å²) in [6.07, 6.45) is -0.0307. The Morgan fingerprint density at radius 3 is 2.90 bits per heavy atom. The van der Waals surface area contributed by atoms with E-state index in [2.05, 4.69) is 32.3 Å². The van der Waals surface area contributed by atoms with Crippen molar-refractivity contribution >= 4 is 39.8 Å². The number of carboxylic acid groups (broad SMARTS) is 1. The molecule has 0 radical (unpaired) electrons. The van der Waals surface area contributed by atoms with E-state index in [1.165, 1.54) is 11.8 Å². The highest BCUT2D eigenvalue weighted by atomic mass is 32.2. The van der Waals surface area contributed by atoms with Gasteiger partial charge in [-0.1, -0.05) is 23.4 Å². The molecule has 0 fully saturated rings. The molecule has 108 valence electrons. The van der Waals surface area contributed by atoms with Crippen LogP contribution in [0.15, 0.2) is 17.3 Å². The summed E-state index contributed by atoms with van der Waals surface area (Å²) in [4.78, 5) is 18.1. The van der Waals surface area contributed by atoms with Crippen LogP contribution in [-0.2, 0) is 4.79 Å². The van der Waals surface area contributed by atoms with E-state index in [0.717, 1.165) is 27.5 Å². The summed E-state index contributed by atoms with van der Waals surface area (Å²) in [7, 11) is 0. The molecule has 6 nitrogen and oxygen atoms in total. The first-order valence-electron chi connectivity index (χ1n) is 6.50. The Kier molecular flexibility index (Phi) is 3.50. The van der Waals surface area contributed by atoms with Crippen molar-refractivity contribution in [1.82, 2.24) is 20.2 Å². The first-order valence-corrected chi connectivity index (χ1v) is 7.49. The zero-order valence-electron chi connectivity index (χ0n) is 11.6. The number of carboxylic acids is 1. The number of aryl methyl sites for hydroxylation is 2. The maximum absolute atomic E-state index is 10.4. The number of hydrogen-bond acceptors (Lipinski definition) is 6. The van der Waals surface area contributed by atoms with Crippen LogP contribution in [0.3, 0.4) is 0 Å². The summed E-state index contributed by atoms with van der Waals surface area (Å²) in [5, 5.41) is 20.1. The van der Waals surface area contributed by atoms with Crippen molar-refractivity contribution in [3.05, 3.63) is 23.3 Å². The van der Waals surface area contributed by atoms with Gasteiger partial charge in [-0.25, -0.2) is 4.98 Å². The van der Waals surface area contributed by atoms with Crippen molar-refractivity contribution in [2.75, 3.05) is 5.75 Å². The van der Waals surface area contributed by atoms with Crippen molar-refractivity contribution in [1.29, 1.82) is 0 Å². The molecule has 0 atom stereocenters. The van der Waals surface area contributed by atoms with Crippen LogP contribution in [0.5, 0.6) is 0 Å². The lowest BCUT2D eigenvalue weighted by Gasteiger charge is -2.00. The van der Waals surface area contributed by atoms with E-state index in [0.29, 0.717) is 16.6 Å². The Labute approximate surface area is 125 Å². The molecule has 3 aromatic rings. The number of fused-ring (bicyclic) bond motifs is 3. The number of aromatic nitrogens is 4. The monoisotopic (exact) mass is 301 g/mol. The average molecular weight is 301 g/mol. The van der Waals surface area contributed by atoms with E-state index < -0.39 is 5.97 Å². The number of carbonyl (C=O) groups is 1. The molecule has 21 heavy (non-hydrogen) atoms. The van der Waals surface area contributed by atoms with Gasteiger partial charge in [0.05, 0.1) is 5.52 Å². The van der Waals surface area contributed by atoms with Gasteiger partial charge in [0.2, 0.25) is 5.16 Å². The van der Waals surface area contributed by atoms with Gasteiger partial charge in [-0.15, -0.1) is 10.2 Å². The minimum Gasteiger partial charge on any atom is -0.550 e. The number of aliphatic carboxylic acids is 1. The topological polar surface area (TPSA) is 94.6 Å². The van der Waals surface area contributed by atoms with Crippen LogP contribution in [-0.4, -0.2) is 31.9 Å². The molecule has 0 aliphatic heterocycles. The van der Waals surface area contributed by atoms with Crippen LogP contribution < -0.4 is 5.11 Å². The molecular weight excluding hydrogens is 288 g/mol.